The average Bonchev–Trinajstić information content (AvgIpc) is 3.12. The monoisotopic (exact) mass is 493 g/mol. The van der Waals surface area contributed by atoms with Gasteiger partial charge in [0.1, 0.15) is 11.9 Å². The van der Waals surface area contributed by atoms with E-state index >= 15 is 0 Å². The molecule has 188 valence electrons. The molecule has 37 heavy (non-hydrogen) atoms. The normalized spacial score (nSPS) is 23.5. The van der Waals surface area contributed by atoms with Crippen molar-refractivity contribution in [3.63, 3.8) is 0 Å². The Morgan fingerprint density at radius 1 is 1.14 bits per heavy atom. The number of ketones is 1. The zero-order valence-corrected chi connectivity index (χ0v) is 21.4. The molecule has 2 aromatic rings. The second-order valence-electron chi connectivity index (χ2n) is 10.7. The van der Waals surface area contributed by atoms with Crippen LogP contribution < -0.4 is 5.73 Å². The molecule has 0 aromatic heterocycles. The third-order valence-electron chi connectivity index (χ3n) is 7.75. The molecule has 0 radical (unpaired) electrons. The summed E-state index contributed by atoms with van der Waals surface area (Å²) in [6.07, 6.45) is 10.8. The predicted molar refractivity (Wildman–Crippen MR) is 147 cm³/mol. The first-order valence-electron chi connectivity index (χ1n) is 13.2. The number of Topliss-reactive ketones (excluding diaryl/α,β-unsaturated/α-hetero) is 1. The summed E-state index contributed by atoms with van der Waals surface area (Å²) in [7, 11) is 0. The number of nitriles is 1. The van der Waals surface area contributed by atoms with Crippen molar-refractivity contribution in [2.45, 2.75) is 58.4 Å². The Morgan fingerprint density at radius 3 is 2.73 bits per heavy atom. The molecule has 5 heteroatoms. The van der Waals surface area contributed by atoms with Crippen LogP contribution in [0.3, 0.4) is 0 Å². The molecule has 0 saturated carbocycles. The van der Waals surface area contributed by atoms with Crippen molar-refractivity contribution in [2.24, 2.45) is 22.6 Å². The highest BCUT2D eigenvalue weighted by molar-refractivity contribution is 6.12. The SMILES string of the molecule is CC1C=Nc2cc(C3=C(c4ccc(C#N)c(F)c4)C=C(C(=O)C4=CCC(N)CCC4)C(C)C3)ccc2C1. The highest BCUT2D eigenvalue weighted by Crippen LogP contribution is 2.43. The number of allylic oxidation sites excluding steroid dienone is 5. The van der Waals surface area contributed by atoms with E-state index in [1.165, 1.54) is 17.7 Å². The van der Waals surface area contributed by atoms with Gasteiger partial charge in [-0.3, -0.25) is 9.79 Å². The number of aliphatic imine (C=N–C) groups is 1. The third kappa shape index (κ3) is 5.12. The zero-order valence-electron chi connectivity index (χ0n) is 21.4. The molecule has 0 fully saturated rings. The molecule has 2 aliphatic carbocycles. The van der Waals surface area contributed by atoms with Gasteiger partial charge in [0.15, 0.2) is 5.78 Å². The van der Waals surface area contributed by atoms with E-state index in [1.54, 1.807) is 6.07 Å². The number of hydrogen-bond acceptors (Lipinski definition) is 4. The highest BCUT2D eigenvalue weighted by Gasteiger charge is 2.29. The molecule has 0 spiro atoms. The molecule has 3 unspecified atom stereocenters. The van der Waals surface area contributed by atoms with Crippen molar-refractivity contribution in [3.8, 4) is 6.07 Å². The molecular weight excluding hydrogens is 461 g/mol. The standard InChI is InChI=1S/C32H32FN3O/c1-19-12-24-8-6-23(15-31(24)36-18-19)28-13-20(2)27(32(37)21-4-3-5-26(35)11-10-21)16-29(28)22-7-9-25(17-34)30(33)14-22/h6-10,14-16,18-20,26H,3-5,11-13,35H2,1-2H3. The molecule has 5 rings (SSSR count). The zero-order chi connectivity index (χ0) is 26.1. The average molecular weight is 494 g/mol. The molecule has 1 heterocycles. The molecule has 2 N–H and O–H groups in total. The second-order valence-corrected chi connectivity index (χ2v) is 10.7. The fourth-order valence-corrected chi connectivity index (χ4v) is 5.62. The summed E-state index contributed by atoms with van der Waals surface area (Å²) in [5, 5.41) is 9.23. The van der Waals surface area contributed by atoms with Gasteiger partial charge in [-0.25, -0.2) is 4.39 Å². The van der Waals surface area contributed by atoms with E-state index in [0.717, 1.165) is 59.2 Å². The van der Waals surface area contributed by atoms with E-state index in [1.807, 2.05) is 24.4 Å². The minimum atomic E-state index is -0.559. The lowest BCUT2D eigenvalue weighted by Crippen LogP contribution is -2.18. The quantitative estimate of drug-likeness (QED) is 0.505. The molecular formula is C32H32FN3O. The minimum Gasteiger partial charge on any atom is -0.327 e. The number of carbonyl (C=O) groups excluding carboxylic acids is 1. The minimum absolute atomic E-state index is 0.00635. The lowest BCUT2D eigenvalue weighted by atomic mass is 9.76. The maximum Gasteiger partial charge on any atom is 0.184 e. The maximum atomic E-state index is 14.7. The van der Waals surface area contributed by atoms with Gasteiger partial charge in [-0.1, -0.05) is 38.1 Å². The van der Waals surface area contributed by atoms with Gasteiger partial charge in [-0.15, -0.1) is 0 Å². The second kappa shape index (κ2) is 10.4. The number of nitrogens with zero attached hydrogens (tertiary/aromatic N) is 2. The van der Waals surface area contributed by atoms with Crippen LogP contribution in [-0.4, -0.2) is 18.0 Å². The Morgan fingerprint density at radius 2 is 1.95 bits per heavy atom. The molecule has 0 saturated heterocycles. The van der Waals surface area contributed by atoms with Crippen molar-refractivity contribution in [2.75, 3.05) is 0 Å². The number of halogens is 1. The van der Waals surface area contributed by atoms with Gasteiger partial charge < -0.3 is 5.73 Å². The van der Waals surface area contributed by atoms with Crippen molar-refractivity contribution in [1.29, 1.82) is 5.26 Å². The lowest BCUT2D eigenvalue weighted by molar-refractivity contribution is -0.112. The summed E-state index contributed by atoms with van der Waals surface area (Å²) in [6, 6.07) is 13.0. The summed E-state index contributed by atoms with van der Waals surface area (Å²) in [6.45, 7) is 4.24. The first-order valence-corrected chi connectivity index (χ1v) is 13.2. The Balaban J connectivity index is 1.63. The highest BCUT2D eigenvalue weighted by atomic mass is 19.1. The Kier molecular flexibility index (Phi) is 7.04. The smallest absolute Gasteiger partial charge is 0.184 e. The molecule has 2 aromatic carbocycles. The van der Waals surface area contributed by atoms with E-state index in [0.29, 0.717) is 24.3 Å². The number of nitrogens with two attached hydrogens (primary N) is 1. The van der Waals surface area contributed by atoms with Gasteiger partial charge in [0.05, 0.1) is 11.3 Å². The van der Waals surface area contributed by atoms with Gasteiger partial charge >= 0.3 is 0 Å². The van der Waals surface area contributed by atoms with Gasteiger partial charge in [-0.05, 0) is 108 Å². The van der Waals surface area contributed by atoms with Crippen LogP contribution in [0.15, 0.2) is 64.7 Å². The third-order valence-corrected chi connectivity index (χ3v) is 7.75. The van der Waals surface area contributed by atoms with Gasteiger partial charge in [-0.2, -0.15) is 5.26 Å². The fraction of sp³-hybridized carbons (Fsp3) is 0.344. The summed E-state index contributed by atoms with van der Waals surface area (Å²) in [4.78, 5) is 18.4. The van der Waals surface area contributed by atoms with Gasteiger partial charge in [0.25, 0.3) is 0 Å². The van der Waals surface area contributed by atoms with E-state index in [9.17, 15) is 14.4 Å². The van der Waals surface area contributed by atoms with Crippen LogP contribution in [0.2, 0.25) is 0 Å². The molecule has 1 aliphatic heterocycles. The van der Waals surface area contributed by atoms with Crippen LogP contribution in [0.25, 0.3) is 11.1 Å². The molecule has 3 atom stereocenters. The van der Waals surface area contributed by atoms with Gasteiger partial charge in [0.2, 0.25) is 0 Å². The van der Waals surface area contributed by atoms with Crippen molar-refractivity contribution in [1.82, 2.24) is 0 Å². The van der Waals surface area contributed by atoms with Crippen molar-refractivity contribution < 1.29 is 9.18 Å². The van der Waals surface area contributed by atoms with Crippen molar-refractivity contribution in [3.05, 3.63) is 87.8 Å². The summed E-state index contributed by atoms with van der Waals surface area (Å²) < 4.78 is 14.7. The molecule has 0 bridgehead atoms. The van der Waals surface area contributed by atoms with Crippen LogP contribution in [0.1, 0.15) is 68.2 Å². The summed E-state index contributed by atoms with van der Waals surface area (Å²) in [5.41, 5.74) is 13.5. The molecule has 4 nitrogen and oxygen atoms in total. The maximum absolute atomic E-state index is 14.7. The van der Waals surface area contributed by atoms with Crippen LogP contribution >= 0.6 is 0 Å². The number of benzene rings is 2. The largest absolute Gasteiger partial charge is 0.327 e. The van der Waals surface area contributed by atoms with Crippen LogP contribution in [0, 0.1) is 29.0 Å². The van der Waals surface area contributed by atoms with E-state index in [2.05, 4.69) is 37.0 Å². The topological polar surface area (TPSA) is 79.2 Å². The molecule has 0 amide bonds. The number of rotatable bonds is 4. The number of hydrogen-bond donors (Lipinski definition) is 1. The van der Waals surface area contributed by atoms with E-state index in [4.69, 9.17) is 5.73 Å². The van der Waals surface area contributed by atoms with Gasteiger partial charge in [0, 0.05) is 17.8 Å². The summed E-state index contributed by atoms with van der Waals surface area (Å²) >= 11 is 0. The van der Waals surface area contributed by atoms with Crippen LogP contribution in [0.4, 0.5) is 10.1 Å². The predicted octanol–water partition coefficient (Wildman–Crippen LogP) is 6.87. The first kappa shape index (κ1) is 25.0. The van der Waals surface area contributed by atoms with E-state index in [-0.39, 0.29) is 23.3 Å². The Bertz CT molecular complexity index is 1420. The van der Waals surface area contributed by atoms with Crippen LogP contribution in [-0.2, 0) is 11.2 Å². The Hall–Kier alpha value is -3.62. The molecule has 3 aliphatic rings. The fourth-order valence-electron chi connectivity index (χ4n) is 5.62. The summed E-state index contributed by atoms with van der Waals surface area (Å²) in [5.74, 6) is -0.0757. The number of fused-ring (bicyclic) bond motifs is 1. The van der Waals surface area contributed by atoms with E-state index < -0.39 is 5.82 Å². The van der Waals surface area contributed by atoms with Crippen molar-refractivity contribution >= 4 is 28.8 Å². The first-order chi connectivity index (χ1) is 17.8. The number of carbonyl (C=O) groups is 1. The Labute approximate surface area is 218 Å². The lowest BCUT2D eigenvalue weighted by Gasteiger charge is -2.27. The van der Waals surface area contributed by atoms with Crippen LogP contribution in [0.5, 0.6) is 0 Å².